The normalized spacial score (nSPS) is 16.2. The lowest BCUT2D eigenvalue weighted by molar-refractivity contribution is -0.0894. The first-order valence-corrected chi connectivity index (χ1v) is 5.55. The summed E-state index contributed by atoms with van der Waals surface area (Å²) in [5.74, 6) is 0. The average Bonchev–Trinajstić information content (AvgIpc) is 2.09. The third kappa shape index (κ3) is 3.76. The molecule has 0 aliphatic heterocycles. The second-order valence-corrected chi connectivity index (χ2v) is 4.90. The zero-order chi connectivity index (χ0) is 14.1. The Kier molecular flexibility index (Phi) is 4.44. The van der Waals surface area contributed by atoms with Gasteiger partial charge in [-0.05, 0) is 19.9 Å². The van der Waals surface area contributed by atoms with Gasteiger partial charge in [-0.2, -0.15) is 26.3 Å². The van der Waals surface area contributed by atoms with Crippen molar-refractivity contribution in [1.29, 1.82) is 0 Å². The summed E-state index contributed by atoms with van der Waals surface area (Å²) in [6.07, 6.45) is -4.60. The van der Waals surface area contributed by atoms with Crippen LogP contribution in [-0.2, 0) is 9.84 Å². The summed E-state index contributed by atoms with van der Waals surface area (Å²) in [5.41, 5.74) is -6.23. The third-order valence-electron chi connectivity index (χ3n) is 1.69. The summed E-state index contributed by atoms with van der Waals surface area (Å²) in [6, 6.07) is 0. The number of hydrogen-bond acceptors (Lipinski definition) is 2. The molecule has 0 spiro atoms. The Morgan fingerprint density at radius 3 is 1.71 bits per heavy atom. The van der Waals surface area contributed by atoms with E-state index in [0.29, 0.717) is 0 Å². The Labute approximate surface area is 93.5 Å². The Morgan fingerprint density at radius 2 is 1.47 bits per heavy atom. The van der Waals surface area contributed by atoms with Gasteiger partial charge in [-0.3, -0.25) is 0 Å². The van der Waals surface area contributed by atoms with E-state index in [2.05, 4.69) is 0 Å². The molecule has 2 nitrogen and oxygen atoms in total. The highest BCUT2D eigenvalue weighted by Gasteiger charge is 2.56. The van der Waals surface area contributed by atoms with Crippen molar-refractivity contribution in [2.45, 2.75) is 25.5 Å². The zero-order valence-electron chi connectivity index (χ0n) is 8.65. The first kappa shape index (κ1) is 16.0. The van der Waals surface area contributed by atoms with Crippen LogP contribution in [0.15, 0.2) is 22.6 Å². The highest BCUT2D eigenvalue weighted by atomic mass is 32.2. The van der Waals surface area contributed by atoms with Gasteiger partial charge in [-0.15, -0.1) is 0 Å². The molecule has 0 fully saturated rings. The molecule has 0 heterocycles. The van der Waals surface area contributed by atoms with Crippen molar-refractivity contribution in [3.05, 3.63) is 22.6 Å². The van der Waals surface area contributed by atoms with E-state index < -0.39 is 26.4 Å². The fourth-order valence-corrected chi connectivity index (χ4v) is 1.62. The van der Waals surface area contributed by atoms with E-state index in [9.17, 15) is 34.8 Å². The summed E-state index contributed by atoms with van der Waals surface area (Å²) < 4.78 is 94.3. The number of allylic oxidation sites excluding steroid dienone is 4. The van der Waals surface area contributed by atoms with Crippen LogP contribution in [0.25, 0.3) is 0 Å². The SMILES string of the molecule is CC=C(C)/C=C(/C(F)(F)F)S(=O)(=O)C(F)(F)F. The number of hydrogen-bond donors (Lipinski definition) is 0. The molecule has 0 saturated heterocycles. The average molecular weight is 282 g/mol. The van der Waals surface area contributed by atoms with E-state index in [1.54, 1.807) is 0 Å². The standard InChI is InChI=1S/C8H8F6O2S/c1-3-5(2)4-6(7(9,10)11)17(15,16)8(12,13)14/h3-4H,1-2H3/b5-3?,6-4-. The third-order valence-corrected chi connectivity index (χ3v) is 3.23. The maximum atomic E-state index is 12.3. The van der Waals surface area contributed by atoms with Gasteiger partial charge in [0.2, 0.25) is 0 Å². The zero-order valence-corrected chi connectivity index (χ0v) is 9.46. The monoisotopic (exact) mass is 282 g/mol. The van der Waals surface area contributed by atoms with Gasteiger partial charge in [0.1, 0.15) is 0 Å². The molecule has 9 heteroatoms. The van der Waals surface area contributed by atoms with Crippen molar-refractivity contribution >= 4 is 9.84 Å². The van der Waals surface area contributed by atoms with Gasteiger partial charge in [0.25, 0.3) is 9.84 Å². The summed E-state index contributed by atoms with van der Waals surface area (Å²) in [4.78, 5) is -2.62. The molecular weight excluding hydrogens is 274 g/mol. The molecule has 0 aromatic heterocycles. The molecule has 0 aromatic rings. The number of halogens is 6. The summed E-state index contributed by atoms with van der Waals surface area (Å²) >= 11 is 0. The molecular formula is C8H8F6O2S. The van der Waals surface area contributed by atoms with Crippen LogP contribution in [0.4, 0.5) is 26.3 Å². The maximum Gasteiger partial charge on any atom is 0.501 e. The van der Waals surface area contributed by atoms with Crippen molar-refractivity contribution < 1.29 is 34.8 Å². The second-order valence-electron chi connectivity index (χ2n) is 2.99. The van der Waals surface area contributed by atoms with E-state index in [1.807, 2.05) is 0 Å². The molecule has 0 aliphatic carbocycles. The van der Waals surface area contributed by atoms with E-state index in [1.165, 1.54) is 6.92 Å². The van der Waals surface area contributed by atoms with E-state index >= 15 is 0 Å². The second kappa shape index (κ2) is 4.71. The van der Waals surface area contributed by atoms with Gasteiger partial charge in [0, 0.05) is 0 Å². The van der Waals surface area contributed by atoms with E-state index in [-0.39, 0.29) is 11.6 Å². The first-order valence-electron chi connectivity index (χ1n) is 4.07. The topological polar surface area (TPSA) is 34.1 Å². The molecule has 0 rings (SSSR count). The lowest BCUT2D eigenvalue weighted by Crippen LogP contribution is -2.31. The van der Waals surface area contributed by atoms with Crippen molar-refractivity contribution in [1.82, 2.24) is 0 Å². The van der Waals surface area contributed by atoms with Crippen molar-refractivity contribution in [3.63, 3.8) is 0 Å². The molecule has 0 unspecified atom stereocenters. The molecule has 0 N–H and O–H groups in total. The van der Waals surface area contributed by atoms with Crippen LogP contribution in [0, 0.1) is 0 Å². The van der Waals surface area contributed by atoms with Crippen LogP contribution in [0.2, 0.25) is 0 Å². The lowest BCUT2D eigenvalue weighted by Gasteiger charge is -2.14. The maximum absolute atomic E-state index is 12.3. The largest absolute Gasteiger partial charge is 0.501 e. The minimum atomic E-state index is -6.41. The summed E-state index contributed by atoms with van der Waals surface area (Å²) in [5, 5.41) is 0. The first-order chi connectivity index (χ1) is 7.34. The van der Waals surface area contributed by atoms with Crippen LogP contribution < -0.4 is 0 Å². The minimum Gasteiger partial charge on any atom is -0.214 e. The van der Waals surface area contributed by atoms with Crippen LogP contribution in [0.3, 0.4) is 0 Å². The molecule has 0 saturated carbocycles. The highest BCUT2D eigenvalue weighted by Crippen LogP contribution is 2.39. The molecule has 17 heavy (non-hydrogen) atoms. The van der Waals surface area contributed by atoms with Crippen LogP contribution in [0.5, 0.6) is 0 Å². The lowest BCUT2D eigenvalue weighted by atomic mass is 10.2. The van der Waals surface area contributed by atoms with Crippen molar-refractivity contribution in [2.24, 2.45) is 0 Å². The van der Waals surface area contributed by atoms with Gasteiger partial charge < -0.3 is 0 Å². The molecule has 0 radical (unpaired) electrons. The van der Waals surface area contributed by atoms with Gasteiger partial charge in [0.15, 0.2) is 4.91 Å². The summed E-state index contributed by atoms with van der Waals surface area (Å²) in [7, 11) is -6.41. The van der Waals surface area contributed by atoms with Gasteiger partial charge in [0.05, 0.1) is 0 Å². The quantitative estimate of drug-likeness (QED) is 0.575. The highest BCUT2D eigenvalue weighted by molar-refractivity contribution is 7.96. The van der Waals surface area contributed by atoms with E-state index in [4.69, 9.17) is 0 Å². The molecule has 0 aliphatic rings. The Bertz CT molecular complexity index is 438. The smallest absolute Gasteiger partial charge is 0.214 e. The van der Waals surface area contributed by atoms with Crippen molar-refractivity contribution in [3.8, 4) is 0 Å². The number of sulfone groups is 1. The van der Waals surface area contributed by atoms with E-state index in [0.717, 1.165) is 13.0 Å². The van der Waals surface area contributed by atoms with Crippen LogP contribution >= 0.6 is 0 Å². The number of rotatable bonds is 2. The van der Waals surface area contributed by atoms with Crippen molar-refractivity contribution in [2.75, 3.05) is 0 Å². The minimum absolute atomic E-state index is 0.0528. The van der Waals surface area contributed by atoms with Crippen LogP contribution in [0.1, 0.15) is 13.8 Å². The molecule has 100 valence electrons. The van der Waals surface area contributed by atoms with Gasteiger partial charge in [-0.25, -0.2) is 8.42 Å². The van der Waals surface area contributed by atoms with Crippen LogP contribution in [-0.4, -0.2) is 20.1 Å². The predicted octanol–water partition coefficient (Wildman–Crippen LogP) is 3.33. The number of alkyl halides is 6. The molecule has 0 aromatic carbocycles. The summed E-state index contributed by atoms with van der Waals surface area (Å²) in [6.45, 7) is 2.32. The Morgan fingerprint density at radius 1 is 1.06 bits per heavy atom. The molecule has 0 bridgehead atoms. The Balaban J connectivity index is 5.97. The Hall–Kier alpha value is -0.990. The molecule has 0 atom stereocenters. The fourth-order valence-electron chi connectivity index (χ4n) is 0.727. The van der Waals surface area contributed by atoms with Gasteiger partial charge in [-0.1, -0.05) is 11.6 Å². The predicted molar refractivity (Wildman–Crippen MR) is 48.5 cm³/mol. The molecule has 0 amide bonds. The van der Waals surface area contributed by atoms with Gasteiger partial charge >= 0.3 is 11.7 Å². The fraction of sp³-hybridized carbons (Fsp3) is 0.500.